The SMILES string of the molecule is CCCCCCCCCCCCCCCCCCCCCCC(=O)SCCNC(=O)CCNC(=O)[C@H](O)C(C)(C)COP(=O)([O-])OP(=O)([O-])OC[C@H]1O[C@@H](n2cnc3c(N)ncnc32)[C@H](O)[C@@H]1OP(=O)([O-])[O-]. The largest absolute Gasteiger partial charge is 0.790 e. The zero-order valence-electron chi connectivity index (χ0n) is 41.8. The summed E-state index contributed by atoms with van der Waals surface area (Å²) in [6, 6.07) is 0. The molecule has 1 aliphatic heterocycles. The van der Waals surface area contributed by atoms with Gasteiger partial charge in [-0.3, -0.25) is 28.1 Å². The van der Waals surface area contributed by atoms with Crippen molar-refractivity contribution >= 4 is 69.1 Å². The number of aliphatic hydroxyl groups excluding tert-OH is 2. The minimum atomic E-state index is -5.92. The Balaban J connectivity index is 1.23. The van der Waals surface area contributed by atoms with Gasteiger partial charge in [-0.2, -0.15) is 0 Å². The first-order valence-corrected chi connectivity index (χ1v) is 30.4. The molecule has 0 spiro atoms. The molecule has 28 heteroatoms. The minimum Gasteiger partial charge on any atom is -0.790 e. The van der Waals surface area contributed by atoms with E-state index in [0.717, 1.165) is 48.2 Å². The lowest BCUT2D eigenvalue weighted by atomic mass is 9.87. The van der Waals surface area contributed by atoms with Crippen LogP contribution in [-0.2, 0) is 50.7 Å². The van der Waals surface area contributed by atoms with Crippen LogP contribution in [0.1, 0.15) is 168 Å². The predicted octanol–water partition coefficient (Wildman–Crippen LogP) is 4.35. The Hall–Kier alpha value is -2.44. The second kappa shape index (κ2) is 32.9. The van der Waals surface area contributed by atoms with Gasteiger partial charge in [0, 0.05) is 37.1 Å². The first-order chi connectivity index (χ1) is 34.1. The lowest BCUT2D eigenvalue weighted by Gasteiger charge is -2.36. The number of fused-ring (bicyclic) bond motifs is 1. The van der Waals surface area contributed by atoms with Crippen LogP contribution in [0.5, 0.6) is 0 Å². The Morgan fingerprint density at radius 2 is 1.35 bits per heavy atom. The van der Waals surface area contributed by atoms with Crippen LogP contribution in [-0.4, -0.2) is 103 Å². The maximum absolute atomic E-state index is 12.7. The summed E-state index contributed by atoms with van der Waals surface area (Å²) in [6.45, 7) is 2.45. The van der Waals surface area contributed by atoms with Gasteiger partial charge in [-0.15, -0.1) is 0 Å². The highest BCUT2D eigenvalue weighted by molar-refractivity contribution is 8.13. The van der Waals surface area contributed by atoms with Gasteiger partial charge < -0.3 is 69.0 Å². The molecule has 0 radical (unpaired) electrons. The third kappa shape index (κ3) is 24.9. The highest BCUT2D eigenvalue weighted by Crippen LogP contribution is 2.56. The van der Waals surface area contributed by atoms with Crippen molar-refractivity contribution in [3.63, 3.8) is 0 Å². The highest BCUT2D eigenvalue weighted by Gasteiger charge is 2.47. The van der Waals surface area contributed by atoms with Gasteiger partial charge in [0.05, 0.1) is 27.4 Å². The van der Waals surface area contributed by atoms with Crippen LogP contribution in [0.15, 0.2) is 12.7 Å². The normalized spacial score (nSPS) is 19.5. The van der Waals surface area contributed by atoms with Gasteiger partial charge in [0.25, 0.3) is 15.6 Å². The van der Waals surface area contributed by atoms with Crippen molar-refractivity contribution < 1.29 is 80.5 Å². The van der Waals surface area contributed by atoms with E-state index in [4.69, 9.17) is 10.5 Å². The fraction of sp³-hybridized carbons (Fsp3) is 0.818. The Kier molecular flexibility index (Phi) is 29.2. The van der Waals surface area contributed by atoms with E-state index in [1.807, 2.05) is 0 Å². The molecule has 0 saturated carbocycles. The zero-order chi connectivity index (χ0) is 53.2. The molecule has 1 aliphatic rings. The number of phosphoric acid groups is 3. The van der Waals surface area contributed by atoms with Crippen LogP contribution in [0.4, 0.5) is 5.82 Å². The summed E-state index contributed by atoms with van der Waals surface area (Å²) in [5, 5.41) is 26.5. The van der Waals surface area contributed by atoms with Gasteiger partial charge in [-0.05, 0) is 6.42 Å². The Morgan fingerprint density at radius 1 is 0.806 bits per heavy atom. The molecule has 0 aromatic carbocycles. The van der Waals surface area contributed by atoms with E-state index < -0.39 is 84.6 Å². The quantitative estimate of drug-likeness (QED) is 0.0457. The average molecular weight is 1100 g/mol. The van der Waals surface area contributed by atoms with Gasteiger partial charge >= 0.3 is 0 Å². The number of nitrogen functional groups attached to an aromatic ring is 1. The van der Waals surface area contributed by atoms with Crippen LogP contribution < -0.4 is 35.9 Å². The molecule has 414 valence electrons. The number of hydrogen-bond acceptors (Lipinski definition) is 22. The molecule has 0 bridgehead atoms. The molecule has 2 amide bonds. The van der Waals surface area contributed by atoms with Gasteiger partial charge in [-0.25, -0.2) is 19.3 Å². The van der Waals surface area contributed by atoms with Crippen molar-refractivity contribution in [3.05, 3.63) is 12.7 Å². The molecular weight excluding hydrogens is 1020 g/mol. The standard InChI is InChI=1S/C44H80N7O17P3S/c1-4-5-6-7-8-9-10-11-12-13-14-15-16-17-18-19-20-21-22-23-24-35(53)72-28-27-46-34(52)25-26-47-42(56)39(55)44(2,3)30-65-71(62,63)68-70(60,61)64-29-33-38(67-69(57,58)59)37(54)43(66-33)51-32-50-36-40(45)48-31-49-41(36)51/h31-33,37-39,43,54-55H,4-30H2,1-3H3,(H,46,52)(H,47,56)(H,60,61)(H,62,63)(H2,45,48,49)(H2,57,58,59)/p-4/t33-,37-,38-,39+,43-/m1/s1. The molecule has 24 nitrogen and oxygen atoms in total. The number of aromatic nitrogens is 4. The Morgan fingerprint density at radius 3 is 1.90 bits per heavy atom. The molecule has 3 rings (SSSR count). The molecule has 2 aromatic heterocycles. The number of nitrogens with two attached hydrogens (primary N) is 1. The monoisotopic (exact) mass is 1100 g/mol. The molecular formula is C44H76N7O17P3S-4. The van der Waals surface area contributed by atoms with Crippen molar-refractivity contribution in [1.82, 2.24) is 30.2 Å². The topological polar surface area (TPSA) is 375 Å². The van der Waals surface area contributed by atoms with Crippen LogP contribution in [0.25, 0.3) is 11.2 Å². The number of anilines is 1. The Labute approximate surface area is 426 Å². The van der Waals surface area contributed by atoms with E-state index in [2.05, 4.69) is 50.4 Å². The number of rotatable bonds is 40. The van der Waals surface area contributed by atoms with Crippen LogP contribution in [0.2, 0.25) is 0 Å². The summed E-state index contributed by atoms with van der Waals surface area (Å²) in [7, 11) is -17.6. The highest BCUT2D eigenvalue weighted by atomic mass is 32.2. The first kappa shape index (κ1) is 63.8. The van der Waals surface area contributed by atoms with Crippen molar-refractivity contribution in [2.24, 2.45) is 5.41 Å². The van der Waals surface area contributed by atoms with Gasteiger partial charge in [-0.1, -0.05) is 155 Å². The Bertz CT molecular complexity index is 2090. The molecule has 1 saturated heterocycles. The number of imidazole rings is 1. The number of thioether (sulfide) groups is 1. The summed E-state index contributed by atoms with van der Waals surface area (Å²) >= 11 is 1.15. The summed E-state index contributed by atoms with van der Waals surface area (Å²) < 4.78 is 60.9. The van der Waals surface area contributed by atoms with Crippen LogP contribution >= 0.6 is 35.2 Å². The van der Waals surface area contributed by atoms with E-state index in [1.54, 1.807) is 0 Å². The number of amides is 2. The molecule has 72 heavy (non-hydrogen) atoms. The van der Waals surface area contributed by atoms with E-state index in [9.17, 15) is 57.9 Å². The van der Waals surface area contributed by atoms with E-state index in [-0.39, 0.29) is 41.6 Å². The number of carbonyl (C=O) groups excluding carboxylic acids is 3. The van der Waals surface area contributed by atoms with Gasteiger partial charge in [0.15, 0.2) is 22.8 Å². The van der Waals surface area contributed by atoms with Crippen molar-refractivity contribution in [3.8, 4) is 0 Å². The number of carbonyl (C=O) groups is 3. The van der Waals surface area contributed by atoms with E-state index in [0.29, 0.717) is 12.2 Å². The molecule has 1 fully saturated rings. The lowest BCUT2D eigenvalue weighted by Crippen LogP contribution is -2.46. The number of nitrogens with one attached hydrogen (secondary N) is 2. The lowest BCUT2D eigenvalue weighted by molar-refractivity contribution is -0.347. The summed E-state index contributed by atoms with van der Waals surface area (Å²) in [5.74, 6) is -1.12. The number of ether oxygens (including phenoxy) is 1. The third-order valence-corrected chi connectivity index (χ3v) is 15.9. The molecule has 3 heterocycles. The number of hydrogen-bond donors (Lipinski definition) is 5. The summed E-state index contributed by atoms with van der Waals surface area (Å²) in [5.41, 5.74) is 4.10. The van der Waals surface area contributed by atoms with Crippen LogP contribution in [0, 0.1) is 5.41 Å². The summed E-state index contributed by atoms with van der Waals surface area (Å²) in [4.78, 5) is 97.0. The molecule has 2 unspecified atom stereocenters. The van der Waals surface area contributed by atoms with Crippen molar-refractivity contribution in [2.45, 2.75) is 193 Å². The van der Waals surface area contributed by atoms with E-state index >= 15 is 0 Å². The average Bonchev–Trinajstić information content (AvgIpc) is 3.87. The summed E-state index contributed by atoms with van der Waals surface area (Å²) in [6.07, 6.45) is 18.7. The fourth-order valence-corrected chi connectivity index (χ4v) is 11.3. The second-order valence-corrected chi connectivity index (χ2v) is 23.9. The maximum Gasteiger partial charge on any atom is 0.274 e. The minimum absolute atomic E-state index is 0.0174. The number of nitrogens with zero attached hydrogens (tertiary/aromatic N) is 4. The zero-order valence-corrected chi connectivity index (χ0v) is 45.3. The second-order valence-electron chi connectivity index (χ2n) is 18.7. The predicted molar refractivity (Wildman–Crippen MR) is 261 cm³/mol. The third-order valence-electron chi connectivity index (χ3n) is 12.0. The van der Waals surface area contributed by atoms with Gasteiger partial charge in [0.1, 0.15) is 36.3 Å². The molecule has 6 N–H and O–H groups in total. The smallest absolute Gasteiger partial charge is 0.274 e. The number of phosphoric ester groups is 3. The fourth-order valence-electron chi connectivity index (χ4n) is 7.87. The molecule has 2 aromatic rings. The number of unbranched alkanes of at least 4 members (excludes halogenated alkanes) is 19. The van der Waals surface area contributed by atoms with E-state index in [1.165, 1.54) is 123 Å². The number of aliphatic hydroxyl groups is 2. The first-order valence-electron chi connectivity index (χ1n) is 25.0. The van der Waals surface area contributed by atoms with Crippen molar-refractivity contribution in [2.75, 3.05) is 37.8 Å². The maximum atomic E-state index is 12.7. The van der Waals surface area contributed by atoms with Gasteiger partial charge in [0.2, 0.25) is 11.8 Å². The van der Waals surface area contributed by atoms with Crippen LogP contribution in [0.3, 0.4) is 0 Å². The van der Waals surface area contributed by atoms with Crippen molar-refractivity contribution in [1.29, 1.82) is 0 Å². The molecule has 7 atom stereocenters. The molecule has 0 aliphatic carbocycles.